The van der Waals surface area contributed by atoms with E-state index in [9.17, 15) is 4.79 Å². The molecule has 6 nitrogen and oxygen atoms in total. The average Bonchev–Trinajstić information content (AvgIpc) is 3.39. The van der Waals surface area contributed by atoms with E-state index in [1.165, 1.54) is 11.3 Å². The Bertz CT molecular complexity index is 1120. The highest BCUT2D eigenvalue weighted by Gasteiger charge is 2.23. The highest BCUT2D eigenvalue weighted by molar-refractivity contribution is 7.22. The fraction of sp³-hybridized carbons (Fsp3) is 0.227. The van der Waals surface area contributed by atoms with E-state index in [1.54, 1.807) is 15.6 Å². The SMILES string of the molecule is CCOc1ccc2nc(N(Cc3ccccc3)C(=O)c3ccn(CC)n3)sc2c1. The van der Waals surface area contributed by atoms with Crippen LogP contribution in [0.3, 0.4) is 0 Å². The Morgan fingerprint density at radius 1 is 1.14 bits per heavy atom. The fourth-order valence-corrected chi connectivity index (χ4v) is 4.04. The van der Waals surface area contributed by atoms with Gasteiger partial charge in [-0.25, -0.2) is 4.98 Å². The number of carbonyl (C=O) groups excluding carboxylic acids is 1. The van der Waals surface area contributed by atoms with Gasteiger partial charge in [0.05, 0.1) is 23.4 Å². The third-order valence-electron chi connectivity index (χ3n) is 4.50. The molecule has 2 aromatic carbocycles. The maximum Gasteiger partial charge on any atom is 0.280 e. The maximum absolute atomic E-state index is 13.3. The van der Waals surface area contributed by atoms with Crippen LogP contribution in [-0.2, 0) is 13.1 Å². The van der Waals surface area contributed by atoms with E-state index < -0.39 is 0 Å². The number of fused-ring (bicyclic) bond motifs is 1. The van der Waals surface area contributed by atoms with Crippen LogP contribution in [0, 0.1) is 0 Å². The molecule has 148 valence electrons. The molecular formula is C22H22N4O2S. The lowest BCUT2D eigenvalue weighted by Crippen LogP contribution is -2.30. The average molecular weight is 407 g/mol. The second kappa shape index (κ2) is 8.45. The molecule has 1 amide bonds. The van der Waals surface area contributed by atoms with Crippen molar-refractivity contribution < 1.29 is 9.53 Å². The number of aryl methyl sites for hydroxylation is 1. The molecule has 4 rings (SSSR count). The first-order chi connectivity index (χ1) is 14.2. The molecule has 0 radical (unpaired) electrons. The summed E-state index contributed by atoms with van der Waals surface area (Å²) in [4.78, 5) is 19.7. The van der Waals surface area contributed by atoms with Gasteiger partial charge in [-0.3, -0.25) is 14.4 Å². The highest BCUT2D eigenvalue weighted by Crippen LogP contribution is 2.33. The molecule has 0 aliphatic carbocycles. The second-order valence-electron chi connectivity index (χ2n) is 6.49. The number of anilines is 1. The lowest BCUT2D eigenvalue weighted by atomic mass is 10.2. The predicted octanol–water partition coefficient (Wildman–Crippen LogP) is 4.76. The Hall–Kier alpha value is -3.19. The number of carbonyl (C=O) groups is 1. The molecule has 0 aliphatic rings. The number of hydrogen-bond donors (Lipinski definition) is 0. The summed E-state index contributed by atoms with van der Waals surface area (Å²) in [6.07, 6.45) is 1.82. The molecule has 0 N–H and O–H groups in total. The Kier molecular flexibility index (Phi) is 5.57. The Morgan fingerprint density at radius 2 is 1.97 bits per heavy atom. The lowest BCUT2D eigenvalue weighted by Gasteiger charge is -2.19. The number of hydrogen-bond acceptors (Lipinski definition) is 5. The van der Waals surface area contributed by atoms with Crippen molar-refractivity contribution >= 4 is 32.6 Å². The summed E-state index contributed by atoms with van der Waals surface area (Å²) >= 11 is 1.48. The van der Waals surface area contributed by atoms with Gasteiger partial charge in [0.1, 0.15) is 5.75 Å². The number of rotatable bonds is 7. The molecule has 0 bridgehead atoms. The van der Waals surface area contributed by atoms with Gasteiger partial charge < -0.3 is 4.74 Å². The largest absolute Gasteiger partial charge is 0.494 e. The molecule has 0 saturated heterocycles. The van der Waals surface area contributed by atoms with Crippen LogP contribution in [0.5, 0.6) is 5.75 Å². The molecular weight excluding hydrogens is 384 g/mol. The Balaban J connectivity index is 1.72. The minimum absolute atomic E-state index is 0.162. The van der Waals surface area contributed by atoms with E-state index in [0.29, 0.717) is 30.5 Å². The van der Waals surface area contributed by atoms with Crippen molar-refractivity contribution in [1.29, 1.82) is 0 Å². The smallest absolute Gasteiger partial charge is 0.280 e. The van der Waals surface area contributed by atoms with E-state index in [0.717, 1.165) is 21.5 Å². The third kappa shape index (κ3) is 4.14. The molecule has 0 fully saturated rings. The van der Waals surface area contributed by atoms with Crippen molar-refractivity contribution in [3.8, 4) is 5.75 Å². The minimum Gasteiger partial charge on any atom is -0.494 e. The van der Waals surface area contributed by atoms with Crippen LogP contribution in [-0.4, -0.2) is 27.3 Å². The zero-order valence-corrected chi connectivity index (χ0v) is 17.2. The van der Waals surface area contributed by atoms with E-state index in [1.807, 2.05) is 68.6 Å². The van der Waals surface area contributed by atoms with E-state index >= 15 is 0 Å². The van der Waals surface area contributed by atoms with Gasteiger partial charge in [-0.1, -0.05) is 41.7 Å². The maximum atomic E-state index is 13.3. The molecule has 0 aliphatic heterocycles. The number of nitrogens with zero attached hydrogens (tertiary/aromatic N) is 4. The molecule has 0 atom stereocenters. The molecule has 0 saturated carbocycles. The third-order valence-corrected chi connectivity index (χ3v) is 5.54. The van der Waals surface area contributed by atoms with E-state index in [4.69, 9.17) is 9.72 Å². The van der Waals surface area contributed by atoms with Crippen LogP contribution < -0.4 is 9.64 Å². The van der Waals surface area contributed by atoms with Crippen LogP contribution in [0.4, 0.5) is 5.13 Å². The zero-order valence-electron chi connectivity index (χ0n) is 16.4. The zero-order chi connectivity index (χ0) is 20.2. The van der Waals surface area contributed by atoms with Crippen molar-refractivity contribution in [3.05, 3.63) is 72.1 Å². The summed E-state index contributed by atoms with van der Waals surface area (Å²) < 4.78 is 8.33. The van der Waals surface area contributed by atoms with Crippen LogP contribution >= 0.6 is 11.3 Å². The molecule has 0 unspecified atom stereocenters. The fourth-order valence-electron chi connectivity index (χ4n) is 3.05. The van der Waals surface area contributed by atoms with Gasteiger partial charge >= 0.3 is 0 Å². The van der Waals surface area contributed by atoms with Gasteiger partial charge in [0.2, 0.25) is 0 Å². The normalized spacial score (nSPS) is 11.0. The number of thiazole rings is 1. The van der Waals surface area contributed by atoms with Crippen molar-refractivity contribution in [2.75, 3.05) is 11.5 Å². The van der Waals surface area contributed by atoms with Crippen LogP contribution in [0.2, 0.25) is 0 Å². The monoisotopic (exact) mass is 406 g/mol. The van der Waals surface area contributed by atoms with Crippen LogP contribution in [0.25, 0.3) is 10.2 Å². The van der Waals surface area contributed by atoms with Gasteiger partial charge in [-0.15, -0.1) is 0 Å². The first-order valence-electron chi connectivity index (χ1n) is 9.60. The summed E-state index contributed by atoms with van der Waals surface area (Å²) in [5.41, 5.74) is 2.29. The van der Waals surface area contributed by atoms with Crippen LogP contribution in [0.1, 0.15) is 29.9 Å². The molecule has 4 aromatic rings. The van der Waals surface area contributed by atoms with Gasteiger partial charge in [0.25, 0.3) is 5.91 Å². The van der Waals surface area contributed by atoms with Gasteiger partial charge in [0.15, 0.2) is 10.8 Å². The first kappa shape index (κ1) is 19.1. The molecule has 29 heavy (non-hydrogen) atoms. The van der Waals surface area contributed by atoms with Crippen LogP contribution in [0.15, 0.2) is 60.8 Å². The van der Waals surface area contributed by atoms with Crippen molar-refractivity contribution in [1.82, 2.24) is 14.8 Å². The Morgan fingerprint density at radius 3 is 2.69 bits per heavy atom. The number of ether oxygens (including phenoxy) is 1. The lowest BCUT2D eigenvalue weighted by molar-refractivity contribution is 0.0979. The molecule has 2 heterocycles. The second-order valence-corrected chi connectivity index (χ2v) is 7.50. The summed E-state index contributed by atoms with van der Waals surface area (Å²) in [5, 5.41) is 5.04. The molecule has 7 heteroatoms. The number of amides is 1. The van der Waals surface area contributed by atoms with Gasteiger partial charge in [-0.2, -0.15) is 5.10 Å². The predicted molar refractivity (Wildman–Crippen MR) is 116 cm³/mol. The van der Waals surface area contributed by atoms with E-state index in [2.05, 4.69) is 5.10 Å². The van der Waals surface area contributed by atoms with Crippen molar-refractivity contribution in [2.24, 2.45) is 0 Å². The van der Waals surface area contributed by atoms with Crippen molar-refractivity contribution in [2.45, 2.75) is 26.9 Å². The minimum atomic E-state index is -0.162. The standard InChI is InChI=1S/C22H22N4O2S/c1-3-25-13-12-19(24-25)21(27)26(15-16-8-6-5-7-9-16)22-23-18-11-10-17(28-4-2)14-20(18)29-22/h5-14H,3-4,15H2,1-2H3. The summed E-state index contributed by atoms with van der Waals surface area (Å²) in [7, 11) is 0. The molecule has 2 aromatic heterocycles. The summed E-state index contributed by atoms with van der Waals surface area (Å²) in [5.74, 6) is 0.642. The van der Waals surface area contributed by atoms with Gasteiger partial charge in [0, 0.05) is 12.7 Å². The number of aromatic nitrogens is 3. The number of benzene rings is 2. The van der Waals surface area contributed by atoms with Crippen molar-refractivity contribution in [3.63, 3.8) is 0 Å². The summed E-state index contributed by atoms with van der Waals surface area (Å²) in [6.45, 7) is 5.70. The topological polar surface area (TPSA) is 60.2 Å². The molecule has 0 spiro atoms. The highest BCUT2D eigenvalue weighted by atomic mass is 32.1. The van der Waals surface area contributed by atoms with Gasteiger partial charge in [-0.05, 0) is 43.7 Å². The first-order valence-corrected chi connectivity index (χ1v) is 10.4. The van der Waals surface area contributed by atoms with E-state index in [-0.39, 0.29) is 5.91 Å². The summed E-state index contributed by atoms with van der Waals surface area (Å²) in [6, 6.07) is 17.5. The quantitative estimate of drug-likeness (QED) is 0.444. The Labute approximate surface area is 173 Å².